The maximum atomic E-state index is 11.6. The highest BCUT2D eigenvalue weighted by Gasteiger charge is 2.07. The number of Topliss-reactive ketones (excluding diaryl/α,β-unsaturated/α-hetero) is 1. The number of hydrogen-bond acceptors (Lipinski definition) is 3. The van der Waals surface area contributed by atoms with E-state index < -0.39 is 0 Å². The van der Waals surface area contributed by atoms with E-state index >= 15 is 0 Å². The van der Waals surface area contributed by atoms with E-state index in [1.54, 1.807) is 22.6 Å². The molecule has 0 amide bonds. The van der Waals surface area contributed by atoms with Crippen molar-refractivity contribution in [1.29, 1.82) is 0 Å². The molecule has 0 aliphatic heterocycles. The molecular formula is C11H18N2OS. The van der Waals surface area contributed by atoms with Crippen LogP contribution in [0.3, 0.4) is 0 Å². The van der Waals surface area contributed by atoms with Crippen LogP contribution in [-0.4, -0.2) is 26.6 Å². The lowest BCUT2D eigenvalue weighted by molar-refractivity contribution is -0.116. The van der Waals surface area contributed by atoms with Gasteiger partial charge in [0, 0.05) is 24.9 Å². The van der Waals surface area contributed by atoms with Crippen LogP contribution in [0.25, 0.3) is 0 Å². The topological polar surface area (TPSA) is 34.9 Å². The monoisotopic (exact) mass is 226 g/mol. The molecule has 0 aromatic carbocycles. The van der Waals surface area contributed by atoms with E-state index in [1.807, 2.05) is 13.2 Å². The van der Waals surface area contributed by atoms with Gasteiger partial charge in [-0.3, -0.25) is 9.48 Å². The van der Waals surface area contributed by atoms with Crippen LogP contribution in [0.1, 0.15) is 25.8 Å². The second kappa shape index (κ2) is 5.95. The zero-order valence-electron chi connectivity index (χ0n) is 9.56. The maximum absolute atomic E-state index is 11.6. The summed E-state index contributed by atoms with van der Waals surface area (Å²) in [6.07, 6.45) is 5.28. The first-order chi connectivity index (χ1) is 7.11. The Bertz CT molecular complexity index is 322. The first-order valence-electron chi connectivity index (χ1n) is 5.22. The van der Waals surface area contributed by atoms with Crippen LogP contribution < -0.4 is 0 Å². The Balaban J connectivity index is 2.30. The molecule has 1 rings (SSSR count). The van der Waals surface area contributed by atoms with Gasteiger partial charge in [-0.1, -0.05) is 13.8 Å². The van der Waals surface area contributed by atoms with E-state index in [1.165, 1.54) is 0 Å². The smallest absolute Gasteiger partial charge is 0.147 e. The molecule has 0 aliphatic carbocycles. The van der Waals surface area contributed by atoms with Crippen molar-refractivity contribution in [2.24, 2.45) is 7.05 Å². The van der Waals surface area contributed by atoms with Gasteiger partial charge in [-0.2, -0.15) is 16.9 Å². The molecule has 0 spiro atoms. The van der Waals surface area contributed by atoms with Crippen LogP contribution in [0, 0.1) is 0 Å². The minimum absolute atomic E-state index is 0.285. The number of rotatable bonds is 6. The normalized spacial score (nSPS) is 12.7. The highest BCUT2D eigenvalue weighted by Crippen LogP contribution is 2.14. The van der Waals surface area contributed by atoms with Crippen LogP contribution in [0.5, 0.6) is 0 Å². The summed E-state index contributed by atoms with van der Waals surface area (Å²) in [5, 5.41) is 4.61. The fraction of sp³-hybridized carbons (Fsp3) is 0.636. The molecule has 0 saturated heterocycles. The highest BCUT2D eigenvalue weighted by atomic mass is 32.2. The summed E-state index contributed by atoms with van der Waals surface area (Å²) < 4.78 is 1.73. The van der Waals surface area contributed by atoms with Crippen molar-refractivity contribution in [2.45, 2.75) is 31.9 Å². The number of carbonyl (C=O) groups is 1. The average molecular weight is 226 g/mol. The van der Waals surface area contributed by atoms with Gasteiger partial charge in [-0.15, -0.1) is 0 Å². The molecule has 0 fully saturated rings. The molecule has 15 heavy (non-hydrogen) atoms. The average Bonchev–Trinajstić information content (AvgIpc) is 2.60. The summed E-state index contributed by atoms with van der Waals surface area (Å²) in [4.78, 5) is 11.6. The second-order valence-electron chi connectivity index (χ2n) is 3.77. The molecule has 0 aliphatic rings. The molecule has 84 valence electrons. The van der Waals surface area contributed by atoms with Gasteiger partial charge in [0.1, 0.15) is 5.78 Å². The molecule has 1 aromatic rings. The SMILES string of the molecule is CCC(C)SCC(=O)Cc1cnn(C)c1. The van der Waals surface area contributed by atoms with Crippen LogP contribution in [0.2, 0.25) is 0 Å². The zero-order chi connectivity index (χ0) is 11.3. The molecule has 0 N–H and O–H groups in total. The molecule has 1 atom stereocenters. The van der Waals surface area contributed by atoms with E-state index in [-0.39, 0.29) is 5.78 Å². The van der Waals surface area contributed by atoms with Gasteiger partial charge in [-0.05, 0) is 12.0 Å². The molecule has 0 saturated carbocycles. The predicted molar refractivity (Wildman–Crippen MR) is 64.1 cm³/mol. The van der Waals surface area contributed by atoms with Gasteiger partial charge in [0.25, 0.3) is 0 Å². The fourth-order valence-electron chi connectivity index (χ4n) is 1.19. The Morgan fingerprint density at radius 3 is 2.93 bits per heavy atom. The van der Waals surface area contributed by atoms with Gasteiger partial charge < -0.3 is 0 Å². The summed E-state index contributed by atoms with van der Waals surface area (Å²) in [5.41, 5.74) is 1.01. The molecule has 0 radical (unpaired) electrons. The Morgan fingerprint density at radius 2 is 2.40 bits per heavy atom. The van der Waals surface area contributed by atoms with E-state index in [0.29, 0.717) is 17.4 Å². The number of thioether (sulfide) groups is 1. The van der Waals surface area contributed by atoms with Crippen LogP contribution in [0.4, 0.5) is 0 Å². The number of hydrogen-bond donors (Lipinski definition) is 0. The minimum Gasteiger partial charge on any atom is -0.298 e. The van der Waals surface area contributed by atoms with E-state index in [9.17, 15) is 4.79 Å². The van der Waals surface area contributed by atoms with Crippen molar-refractivity contribution in [3.05, 3.63) is 18.0 Å². The lowest BCUT2D eigenvalue weighted by atomic mass is 10.2. The summed E-state index contributed by atoms with van der Waals surface area (Å²) in [7, 11) is 1.86. The number of aryl methyl sites for hydroxylation is 1. The Labute approximate surface area is 95.2 Å². The number of carbonyl (C=O) groups excluding carboxylic acids is 1. The molecule has 1 heterocycles. The summed E-state index contributed by atoms with van der Waals surface area (Å²) in [6.45, 7) is 4.30. The van der Waals surface area contributed by atoms with Gasteiger partial charge in [0.15, 0.2) is 0 Å². The quantitative estimate of drug-likeness (QED) is 0.744. The van der Waals surface area contributed by atoms with Crippen molar-refractivity contribution in [2.75, 3.05) is 5.75 Å². The number of ketones is 1. The number of nitrogens with zero attached hydrogens (tertiary/aromatic N) is 2. The molecule has 1 unspecified atom stereocenters. The Hall–Kier alpha value is -0.770. The molecular weight excluding hydrogens is 208 g/mol. The minimum atomic E-state index is 0.285. The zero-order valence-corrected chi connectivity index (χ0v) is 10.4. The van der Waals surface area contributed by atoms with E-state index in [4.69, 9.17) is 0 Å². The molecule has 0 bridgehead atoms. The van der Waals surface area contributed by atoms with Gasteiger partial charge in [-0.25, -0.2) is 0 Å². The highest BCUT2D eigenvalue weighted by molar-refractivity contribution is 8.00. The second-order valence-corrected chi connectivity index (χ2v) is 5.19. The van der Waals surface area contributed by atoms with Gasteiger partial charge >= 0.3 is 0 Å². The van der Waals surface area contributed by atoms with Crippen LogP contribution in [-0.2, 0) is 18.3 Å². The standard InChI is InChI=1S/C11H18N2OS/c1-4-9(2)15-8-11(14)5-10-6-12-13(3)7-10/h6-7,9H,4-5,8H2,1-3H3. The predicted octanol–water partition coefficient (Wildman–Crippen LogP) is 2.06. The van der Waals surface area contributed by atoms with Crippen LogP contribution >= 0.6 is 11.8 Å². The molecule has 4 heteroatoms. The summed E-state index contributed by atoms with van der Waals surface area (Å²) in [6, 6.07) is 0. The van der Waals surface area contributed by atoms with Gasteiger partial charge in [0.2, 0.25) is 0 Å². The van der Waals surface area contributed by atoms with E-state index in [2.05, 4.69) is 18.9 Å². The third-order valence-electron chi connectivity index (χ3n) is 2.26. The Kier molecular flexibility index (Phi) is 4.88. The largest absolute Gasteiger partial charge is 0.298 e. The third-order valence-corrected chi connectivity index (χ3v) is 3.65. The summed E-state index contributed by atoms with van der Waals surface area (Å²) in [5.74, 6) is 0.900. The lowest BCUT2D eigenvalue weighted by Gasteiger charge is -2.06. The van der Waals surface area contributed by atoms with Crippen molar-refractivity contribution in [1.82, 2.24) is 9.78 Å². The fourth-order valence-corrected chi connectivity index (χ4v) is 2.00. The van der Waals surface area contributed by atoms with Crippen molar-refractivity contribution >= 4 is 17.5 Å². The lowest BCUT2D eigenvalue weighted by Crippen LogP contribution is -2.08. The first-order valence-corrected chi connectivity index (χ1v) is 6.27. The van der Waals surface area contributed by atoms with Crippen molar-refractivity contribution in [3.8, 4) is 0 Å². The third kappa shape index (κ3) is 4.51. The summed E-state index contributed by atoms with van der Waals surface area (Å²) >= 11 is 1.73. The molecule has 3 nitrogen and oxygen atoms in total. The van der Waals surface area contributed by atoms with Crippen molar-refractivity contribution in [3.63, 3.8) is 0 Å². The maximum Gasteiger partial charge on any atom is 0.147 e. The first kappa shape index (κ1) is 12.3. The number of aromatic nitrogens is 2. The molecule has 1 aromatic heterocycles. The van der Waals surface area contributed by atoms with E-state index in [0.717, 1.165) is 12.0 Å². The van der Waals surface area contributed by atoms with Crippen molar-refractivity contribution < 1.29 is 4.79 Å². The Morgan fingerprint density at radius 1 is 1.67 bits per heavy atom. The van der Waals surface area contributed by atoms with Gasteiger partial charge in [0.05, 0.1) is 11.9 Å². The van der Waals surface area contributed by atoms with Crippen LogP contribution in [0.15, 0.2) is 12.4 Å².